The largest absolute Gasteiger partial charge is 0.464 e. The van der Waals surface area contributed by atoms with Crippen LogP contribution in [0.5, 0.6) is 0 Å². The molecule has 0 saturated heterocycles. The number of hydrogen-bond donors (Lipinski definition) is 3. The molecule has 13 nitrogen and oxygen atoms in total. The molecule has 2 heterocycles. The summed E-state index contributed by atoms with van der Waals surface area (Å²) >= 11 is 0. The zero-order valence-corrected chi connectivity index (χ0v) is 26.0. The van der Waals surface area contributed by atoms with Gasteiger partial charge in [0.1, 0.15) is 29.3 Å². The average molecular weight is 596 g/mol. The molecule has 1 aliphatic carbocycles. The van der Waals surface area contributed by atoms with Crippen LogP contribution in [-0.4, -0.2) is 68.2 Å². The second kappa shape index (κ2) is 14.0. The normalized spacial score (nSPS) is 16.9. The van der Waals surface area contributed by atoms with Crippen molar-refractivity contribution >= 4 is 36.4 Å². The molecule has 0 bridgehead atoms. The van der Waals surface area contributed by atoms with Crippen LogP contribution in [0.1, 0.15) is 80.1 Å². The number of fused-ring (bicyclic) bond motifs is 1. The molecule has 0 amide bonds. The highest BCUT2D eigenvalue weighted by molar-refractivity contribution is 7.59. The summed E-state index contributed by atoms with van der Waals surface area (Å²) in [6.07, 6.45) is 7.04. The fraction of sp³-hybridized carbons (Fsp3) is 0.741. The fourth-order valence-electron chi connectivity index (χ4n) is 4.27. The van der Waals surface area contributed by atoms with Crippen LogP contribution < -0.4 is 15.9 Å². The Morgan fingerprint density at radius 2 is 1.88 bits per heavy atom. The molecule has 1 unspecified atom stereocenters. The van der Waals surface area contributed by atoms with Crippen LogP contribution in [-0.2, 0) is 34.9 Å². The van der Waals surface area contributed by atoms with Crippen LogP contribution >= 0.6 is 7.44 Å². The number of esters is 2. The molecule has 3 rings (SSSR count). The van der Waals surface area contributed by atoms with E-state index in [1.165, 1.54) is 6.33 Å². The van der Waals surface area contributed by atoms with Crippen molar-refractivity contribution < 1.29 is 28.4 Å². The maximum absolute atomic E-state index is 14.4. The van der Waals surface area contributed by atoms with Gasteiger partial charge in [-0.2, -0.15) is 0 Å². The summed E-state index contributed by atoms with van der Waals surface area (Å²) in [6.45, 7) is 11.9. The van der Waals surface area contributed by atoms with Crippen LogP contribution in [0, 0.1) is 5.92 Å². The number of nitrogens with one attached hydrogen (secondary N) is 2. The van der Waals surface area contributed by atoms with Gasteiger partial charge in [-0.05, 0) is 46.0 Å². The van der Waals surface area contributed by atoms with Gasteiger partial charge < -0.3 is 24.5 Å². The van der Waals surface area contributed by atoms with E-state index in [2.05, 4.69) is 32.1 Å². The minimum Gasteiger partial charge on any atom is -0.464 e. The highest BCUT2D eigenvalue weighted by Crippen LogP contribution is 2.49. The van der Waals surface area contributed by atoms with Gasteiger partial charge in [0.2, 0.25) is 7.44 Å². The Labute approximate surface area is 242 Å². The van der Waals surface area contributed by atoms with E-state index < -0.39 is 36.6 Å². The van der Waals surface area contributed by atoms with E-state index in [9.17, 15) is 14.2 Å². The molecule has 2 aromatic heterocycles. The smallest absolute Gasteiger partial charge is 0.326 e. The summed E-state index contributed by atoms with van der Waals surface area (Å²) < 4.78 is 33.2. The third-order valence-corrected chi connectivity index (χ3v) is 8.93. The van der Waals surface area contributed by atoms with E-state index >= 15 is 0 Å². The zero-order valence-electron chi connectivity index (χ0n) is 25.1. The number of carbonyl (C=O) groups excluding carboxylic acids is 2. The predicted octanol–water partition coefficient (Wildman–Crippen LogP) is 3.78. The molecule has 2 aromatic rings. The molecule has 0 aromatic carbocycles. The number of hydrogen-bond acceptors (Lipinski definition) is 10. The number of unbranched alkanes of at least 4 members (excludes halogenated alkanes) is 3. The predicted molar refractivity (Wildman–Crippen MR) is 156 cm³/mol. The second-order valence-corrected chi connectivity index (χ2v) is 14.0. The topological polar surface area (TPSA) is 173 Å². The summed E-state index contributed by atoms with van der Waals surface area (Å²) in [4.78, 5) is 38.4. The van der Waals surface area contributed by atoms with Crippen molar-refractivity contribution in [3.63, 3.8) is 0 Å². The lowest BCUT2D eigenvalue weighted by Gasteiger charge is -2.33. The first-order valence-corrected chi connectivity index (χ1v) is 16.3. The third-order valence-electron chi connectivity index (χ3n) is 6.71. The van der Waals surface area contributed by atoms with Gasteiger partial charge in [-0.3, -0.25) is 14.2 Å². The van der Waals surface area contributed by atoms with Crippen molar-refractivity contribution in [2.75, 3.05) is 25.3 Å². The molecule has 0 spiro atoms. The molecule has 41 heavy (non-hydrogen) atoms. The quantitative estimate of drug-likeness (QED) is 0.130. The van der Waals surface area contributed by atoms with E-state index in [-0.39, 0.29) is 31.3 Å². The summed E-state index contributed by atoms with van der Waals surface area (Å²) in [5, 5.41) is 6.00. The minimum atomic E-state index is -3.70. The first-order chi connectivity index (χ1) is 19.3. The van der Waals surface area contributed by atoms with E-state index in [0.29, 0.717) is 30.6 Å². The Hall–Kier alpha value is -2.60. The zero-order chi connectivity index (χ0) is 30.3. The third kappa shape index (κ3) is 9.19. The van der Waals surface area contributed by atoms with Crippen molar-refractivity contribution in [2.45, 2.75) is 104 Å². The highest BCUT2D eigenvalue weighted by Gasteiger charge is 2.56. The first-order valence-electron chi connectivity index (χ1n) is 14.4. The van der Waals surface area contributed by atoms with Gasteiger partial charge in [0, 0.05) is 0 Å². The summed E-state index contributed by atoms with van der Waals surface area (Å²) in [5.41, 5.74) is 4.52. The van der Waals surface area contributed by atoms with Crippen LogP contribution in [0.3, 0.4) is 0 Å². The van der Waals surface area contributed by atoms with Crippen molar-refractivity contribution in [2.24, 2.45) is 5.92 Å². The number of carbonyl (C=O) groups is 2. The molecule has 230 valence electrons. The van der Waals surface area contributed by atoms with Crippen LogP contribution in [0.2, 0.25) is 0 Å². The summed E-state index contributed by atoms with van der Waals surface area (Å²) in [7, 11) is -3.70. The molecule has 4 N–H and O–H groups in total. The Bertz CT molecular complexity index is 1230. The monoisotopic (exact) mass is 595 g/mol. The minimum absolute atomic E-state index is 0.162. The van der Waals surface area contributed by atoms with Crippen LogP contribution in [0.4, 0.5) is 5.82 Å². The van der Waals surface area contributed by atoms with E-state index in [4.69, 9.17) is 19.9 Å². The van der Waals surface area contributed by atoms with Gasteiger partial charge in [-0.1, -0.05) is 40.0 Å². The Morgan fingerprint density at radius 1 is 1.15 bits per heavy atom. The number of nitrogen functional groups attached to an aromatic ring is 1. The number of imidazole rings is 1. The Morgan fingerprint density at radius 3 is 2.54 bits per heavy atom. The standard InChI is InChI=1S/C27H46N7O6P/c1-7-8-9-10-13-38-24(35)26(5,6)32-41(37,33-27(11-12-27)25(36)39-15-19(2)3)18-40-20(4)14-34-17-31-21-22(28)29-16-30-23(21)34/h16-17,19-20H,7-15,18H2,1-6H3,(H2,28,29,30)(H2,32,33,37)/t20-,41?/m1/s1. The Balaban J connectivity index is 1.71. The Kier molecular flexibility index (Phi) is 11.3. The summed E-state index contributed by atoms with van der Waals surface area (Å²) in [5.74, 6) is -0.549. The lowest BCUT2D eigenvalue weighted by Crippen LogP contribution is -2.51. The van der Waals surface area contributed by atoms with E-state index in [0.717, 1.165) is 25.7 Å². The van der Waals surface area contributed by atoms with Gasteiger partial charge in [0.15, 0.2) is 11.5 Å². The number of rotatable bonds is 18. The molecule has 0 radical (unpaired) electrons. The maximum Gasteiger partial charge on any atom is 0.326 e. The SMILES string of the molecule is CCCCCCOC(=O)C(C)(C)NP(=O)(CO[C@H](C)Cn1cnc2c(N)ncnc21)NC1(C(=O)OCC(C)C)CC1. The van der Waals surface area contributed by atoms with Crippen LogP contribution in [0.15, 0.2) is 12.7 Å². The molecule has 0 aliphatic heterocycles. The molecule has 1 saturated carbocycles. The van der Waals surface area contributed by atoms with Gasteiger partial charge in [-0.25, -0.2) is 25.1 Å². The van der Waals surface area contributed by atoms with Gasteiger partial charge in [0.05, 0.1) is 32.2 Å². The first kappa shape index (κ1) is 32.9. The highest BCUT2D eigenvalue weighted by atomic mass is 31.2. The lowest BCUT2D eigenvalue weighted by atomic mass is 10.1. The van der Waals surface area contributed by atoms with Crippen LogP contribution in [0.25, 0.3) is 11.2 Å². The van der Waals surface area contributed by atoms with Crippen molar-refractivity contribution in [1.82, 2.24) is 29.7 Å². The molecular weight excluding hydrogens is 549 g/mol. The molecule has 2 atom stereocenters. The molecule has 1 aliphatic rings. The van der Waals surface area contributed by atoms with Crippen molar-refractivity contribution in [3.05, 3.63) is 12.7 Å². The van der Waals surface area contributed by atoms with Crippen molar-refractivity contribution in [1.29, 1.82) is 0 Å². The van der Waals surface area contributed by atoms with Crippen molar-refractivity contribution in [3.8, 4) is 0 Å². The number of ether oxygens (including phenoxy) is 3. The molecule has 14 heteroatoms. The number of aromatic nitrogens is 4. The number of anilines is 1. The summed E-state index contributed by atoms with van der Waals surface area (Å²) in [6, 6.07) is 0. The number of nitrogens with two attached hydrogens (primary N) is 1. The molecular formula is C27H46N7O6P. The average Bonchev–Trinajstić information content (AvgIpc) is 3.56. The maximum atomic E-state index is 14.4. The number of nitrogens with zero attached hydrogens (tertiary/aromatic N) is 4. The fourth-order valence-corrected chi connectivity index (χ4v) is 6.92. The second-order valence-electron chi connectivity index (χ2n) is 11.8. The van der Waals surface area contributed by atoms with E-state index in [1.54, 1.807) is 24.7 Å². The van der Waals surface area contributed by atoms with Gasteiger partial charge in [0.25, 0.3) is 0 Å². The lowest BCUT2D eigenvalue weighted by molar-refractivity contribution is -0.149. The molecule has 1 fully saturated rings. The van der Waals surface area contributed by atoms with Gasteiger partial charge >= 0.3 is 11.9 Å². The van der Waals surface area contributed by atoms with Gasteiger partial charge in [-0.15, -0.1) is 0 Å². The van der Waals surface area contributed by atoms with E-state index in [1.807, 2.05) is 20.8 Å².